The molecule has 3 aliphatic rings. The third-order valence-corrected chi connectivity index (χ3v) is 8.35. The summed E-state index contributed by atoms with van der Waals surface area (Å²) in [5, 5.41) is 0. The van der Waals surface area contributed by atoms with Crippen LogP contribution >= 0.6 is 0 Å². The lowest BCUT2D eigenvalue weighted by Crippen LogP contribution is -2.49. The summed E-state index contributed by atoms with van der Waals surface area (Å²) in [5.41, 5.74) is 3.37. The smallest absolute Gasteiger partial charge is 0.163 e. The van der Waals surface area contributed by atoms with E-state index in [9.17, 15) is 0 Å². The summed E-state index contributed by atoms with van der Waals surface area (Å²) >= 11 is 0. The van der Waals surface area contributed by atoms with E-state index >= 15 is 0 Å². The number of fused-ring (bicyclic) bond motifs is 5. The number of rotatable bonds is 10. The molecule has 4 rings (SSSR count). The maximum atomic E-state index is 6.51. The van der Waals surface area contributed by atoms with Gasteiger partial charge in [0.05, 0.1) is 7.11 Å². The normalized spacial score (nSPS) is 30.1. The maximum absolute atomic E-state index is 6.51. The molecular weight excluding hydrogens is 372 g/mol. The second-order valence-electron chi connectivity index (χ2n) is 9.92. The molecule has 0 N–H and O–H groups in total. The van der Waals surface area contributed by atoms with Crippen LogP contribution in [0.3, 0.4) is 0 Å². The summed E-state index contributed by atoms with van der Waals surface area (Å²) in [4.78, 5) is 0. The quantitative estimate of drug-likeness (QED) is 0.308. The molecule has 0 unspecified atom stereocenters. The average Bonchev–Trinajstić information content (AvgIpc) is 3.23. The standard InChI is InChI=1S/C27H42O3/c1-4-6-17-29-26(30-18-7-5-2)27-15-8-9-25(27)24-12-10-20-19-21(28-3)11-13-22(20)23(24)14-16-27/h11,13,19,23-26H,4-10,12,14-18H2,1-3H3/t23-,24-,25+,27-/m1/s1. The largest absolute Gasteiger partial charge is 0.497 e. The number of benzene rings is 1. The van der Waals surface area contributed by atoms with Gasteiger partial charge in [0, 0.05) is 18.6 Å². The summed E-state index contributed by atoms with van der Waals surface area (Å²) < 4.78 is 18.5. The molecule has 0 aliphatic heterocycles. The van der Waals surface area contributed by atoms with Crippen molar-refractivity contribution in [1.82, 2.24) is 0 Å². The van der Waals surface area contributed by atoms with Crippen LogP contribution in [0.5, 0.6) is 5.75 Å². The Hall–Kier alpha value is -1.06. The molecule has 0 heterocycles. The molecule has 0 bridgehead atoms. The molecule has 0 amide bonds. The maximum Gasteiger partial charge on any atom is 0.163 e. The molecule has 0 spiro atoms. The van der Waals surface area contributed by atoms with E-state index in [1.54, 1.807) is 12.7 Å². The first kappa shape index (κ1) is 22.1. The van der Waals surface area contributed by atoms with Crippen LogP contribution in [0.2, 0.25) is 0 Å². The van der Waals surface area contributed by atoms with Crippen LogP contribution in [0.15, 0.2) is 18.2 Å². The van der Waals surface area contributed by atoms with Gasteiger partial charge in [-0.15, -0.1) is 0 Å². The first-order valence-electron chi connectivity index (χ1n) is 12.6. The minimum atomic E-state index is 0.00122. The first-order chi connectivity index (χ1) is 14.7. The SMILES string of the molecule is CCCCOC(OCCCC)[C@@]12CCC[C@H]1[C@@H]1CCc3cc(OC)ccc3[C@H]1CC2. The van der Waals surface area contributed by atoms with Crippen molar-refractivity contribution in [3.8, 4) is 5.75 Å². The molecule has 3 nitrogen and oxygen atoms in total. The number of unbranched alkanes of at least 4 members (excludes halogenated alkanes) is 2. The lowest BCUT2D eigenvalue weighted by molar-refractivity contribution is -0.234. The monoisotopic (exact) mass is 414 g/mol. The molecule has 30 heavy (non-hydrogen) atoms. The fraction of sp³-hybridized carbons (Fsp3) is 0.778. The Bertz CT molecular complexity index is 677. The van der Waals surface area contributed by atoms with Crippen LogP contribution < -0.4 is 4.74 Å². The van der Waals surface area contributed by atoms with Gasteiger partial charge in [0.15, 0.2) is 6.29 Å². The van der Waals surface area contributed by atoms with E-state index in [4.69, 9.17) is 14.2 Å². The second-order valence-corrected chi connectivity index (χ2v) is 9.92. The van der Waals surface area contributed by atoms with Crippen molar-refractivity contribution in [3.63, 3.8) is 0 Å². The molecule has 0 aromatic heterocycles. The van der Waals surface area contributed by atoms with Crippen molar-refractivity contribution in [2.45, 2.75) is 96.7 Å². The van der Waals surface area contributed by atoms with Crippen LogP contribution in [0.1, 0.15) is 95.1 Å². The molecule has 1 aromatic rings. The Morgan fingerprint density at radius 1 is 1.00 bits per heavy atom. The van der Waals surface area contributed by atoms with Crippen LogP contribution in [0.4, 0.5) is 0 Å². The number of hydrogen-bond donors (Lipinski definition) is 0. The number of aryl methyl sites for hydroxylation is 1. The van der Waals surface area contributed by atoms with E-state index in [0.717, 1.165) is 43.6 Å². The predicted octanol–water partition coefficient (Wildman–Crippen LogP) is 6.88. The van der Waals surface area contributed by atoms with Crippen molar-refractivity contribution in [1.29, 1.82) is 0 Å². The molecule has 0 radical (unpaired) electrons. The second kappa shape index (κ2) is 10.0. The molecule has 168 valence electrons. The van der Waals surface area contributed by atoms with E-state index in [1.165, 1.54) is 63.4 Å². The van der Waals surface area contributed by atoms with E-state index in [-0.39, 0.29) is 11.7 Å². The summed E-state index contributed by atoms with van der Waals surface area (Å²) in [6, 6.07) is 6.81. The van der Waals surface area contributed by atoms with Gasteiger partial charge in [-0.2, -0.15) is 0 Å². The molecule has 0 saturated heterocycles. The van der Waals surface area contributed by atoms with Crippen molar-refractivity contribution >= 4 is 0 Å². The number of ether oxygens (including phenoxy) is 3. The summed E-state index contributed by atoms with van der Waals surface area (Å²) in [5.74, 6) is 3.25. The highest BCUT2D eigenvalue weighted by molar-refractivity contribution is 5.40. The summed E-state index contributed by atoms with van der Waals surface area (Å²) in [6.45, 7) is 6.18. The van der Waals surface area contributed by atoms with E-state index < -0.39 is 0 Å². The Kier molecular flexibility index (Phi) is 7.41. The van der Waals surface area contributed by atoms with Gasteiger partial charge in [-0.25, -0.2) is 0 Å². The Labute approximate surface area is 183 Å². The van der Waals surface area contributed by atoms with E-state index in [2.05, 4.69) is 32.0 Å². The zero-order valence-corrected chi connectivity index (χ0v) is 19.5. The fourth-order valence-electron chi connectivity index (χ4n) is 6.85. The highest BCUT2D eigenvalue weighted by Crippen LogP contribution is 2.63. The molecular formula is C27H42O3. The van der Waals surface area contributed by atoms with Crippen LogP contribution in [0.25, 0.3) is 0 Å². The van der Waals surface area contributed by atoms with Gasteiger partial charge >= 0.3 is 0 Å². The zero-order chi connectivity index (χ0) is 21.0. The van der Waals surface area contributed by atoms with Crippen LogP contribution in [0, 0.1) is 17.3 Å². The first-order valence-corrected chi connectivity index (χ1v) is 12.6. The van der Waals surface area contributed by atoms with Crippen LogP contribution in [-0.2, 0) is 15.9 Å². The van der Waals surface area contributed by atoms with Gasteiger partial charge in [0.2, 0.25) is 0 Å². The van der Waals surface area contributed by atoms with Gasteiger partial charge < -0.3 is 14.2 Å². The van der Waals surface area contributed by atoms with Crippen molar-refractivity contribution in [2.24, 2.45) is 17.3 Å². The minimum absolute atomic E-state index is 0.00122. The van der Waals surface area contributed by atoms with Gasteiger partial charge in [-0.1, -0.05) is 39.2 Å². The third kappa shape index (κ3) is 4.17. The Morgan fingerprint density at radius 3 is 2.47 bits per heavy atom. The minimum Gasteiger partial charge on any atom is -0.497 e. The molecule has 1 aromatic carbocycles. The molecule has 2 fully saturated rings. The third-order valence-electron chi connectivity index (χ3n) is 8.35. The fourth-order valence-corrected chi connectivity index (χ4v) is 6.85. The molecule has 4 atom stereocenters. The number of hydrogen-bond acceptors (Lipinski definition) is 3. The van der Waals surface area contributed by atoms with E-state index in [1.807, 2.05) is 0 Å². The van der Waals surface area contributed by atoms with Gasteiger partial charge in [-0.05, 0) is 92.4 Å². The average molecular weight is 415 g/mol. The predicted molar refractivity (Wildman–Crippen MR) is 122 cm³/mol. The Morgan fingerprint density at radius 2 is 1.77 bits per heavy atom. The molecule has 2 saturated carbocycles. The summed E-state index contributed by atoms with van der Waals surface area (Å²) in [6.07, 6.45) is 13.7. The van der Waals surface area contributed by atoms with Gasteiger partial charge in [-0.3, -0.25) is 0 Å². The lowest BCUT2D eigenvalue weighted by Gasteiger charge is -2.53. The zero-order valence-electron chi connectivity index (χ0n) is 19.5. The molecule has 3 heteroatoms. The van der Waals surface area contributed by atoms with Crippen molar-refractivity contribution < 1.29 is 14.2 Å². The van der Waals surface area contributed by atoms with Crippen LogP contribution in [-0.4, -0.2) is 26.6 Å². The van der Waals surface area contributed by atoms with Gasteiger partial charge in [0.1, 0.15) is 5.75 Å². The van der Waals surface area contributed by atoms with E-state index in [0.29, 0.717) is 5.92 Å². The van der Waals surface area contributed by atoms with Crippen molar-refractivity contribution in [3.05, 3.63) is 29.3 Å². The van der Waals surface area contributed by atoms with Gasteiger partial charge in [0.25, 0.3) is 0 Å². The number of methoxy groups -OCH3 is 1. The highest BCUT2D eigenvalue weighted by atomic mass is 16.7. The van der Waals surface area contributed by atoms with Crippen molar-refractivity contribution in [2.75, 3.05) is 20.3 Å². The highest BCUT2D eigenvalue weighted by Gasteiger charge is 2.57. The lowest BCUT2D eigenvalue weighted by atomic mass is 9.55. The Balaban J connectivity index is 1.56. The summed E-state index contributed by atoms with van der Waals surface area (Å²) in [7, 11) is 1.78. The topological polar surface area (TPSA) is 27.7 Å². The molecule has 3 aliphatic carbocycles.